The van der Waals surface area contributed by atoms with Gasteiger partial charge >= 0.3 is 0 Å². The van der Waals surface area contributed by atoms with Crippen LogP contribution in [0.25, 0.3) is 126 Å². The van der Waals surface area contributed by atoms with E-state index < -0.39 is 0 Å². The summed E-state index contributed by atoms with van der Waals surface area (Å²) in [4.78, 5) is 0. The Bertz CT molecular complexity index is 4100. The van der Waals surface area contributed by atoms with E-state index in [0.29, 0.717) is 0 Å². The molecular formula is C58H35N3. The molecule has 3 nitrogen and oxygen atoms in total. The Hall–Kier alpha value is -8.14. The maximum absolute atomic E-state index is 2.46. The molecule has 0 aliphatic carbocycles. The Kier molecular flexibility index (Phi) is 6.56. The third kappa shape index (κ3) is 4.52. The summed E-state index contributed by atoms with van der Waals surface area (Å²) in [6.45, 7) is 0. The molecule has 0 spiro atoms. The highest BCUT2D eigenvalue weighted by molar-refractivity contribution is 6.23. The SMILES string of the molecule is c1ccc2c(-n3c4ccccc4c4cc(-c5ccc6c(c5)c5ccccc5n6-c5ccc(-c6ccc7c8cccc9c%10ccccc%10n(c7c6)c98)cc5)ccc43)cccc2c1. The van der Waals surface area contributed by atoms with E-state index in [0.717, 1.165) is 5.69 Å². The van der Waals surface area contributed by atoms with Crippen LogP contribution in [0.4, 0.5) is 0 Å². The molecule has 282 valence electrons. The van der Waals surface area contributed by atoms with Gasteiger partial charge in [-0.25, -0.2) is 0 Å². The first-order chi connectivity index (χ1) is 30.3. The quantitative estimate of drug-likeness (QED) is 0.169. The van der Waals surface area contributed by atoms with Crippen molar-refractivity contribution in [2.45, 2.75) is 0 Å². The lowest BCUT2D eigenvalue weighted by Gasteiger charge is -2.12. The van der Waals surface area contributed by atoms with Crippen LogP contribution in [0.2, 0.25) is 0 Å². The summed E-state index contributed by atoms with van der Waals surface area (Å²) in [5, 5.41) is 12.7. The minimum Gasteiger partial charge on any atom is -0.309 e. The molecule has 0 N–H and O–H groups in total. The van der Waals surface area contributed by atoms with Crippen molar-refractivity contribution in [1.82, 2.24) is 13.5 Å². The Morgan fingerprint density at radius 2 is 0.705 bits per heavy atom. The molecule has 4 heterocycles. The van der Waals surface area contributed by atoms with Crippen LogP contribution >= 0.6 is 0 Å². The van der Waals surface area contributed by atoms with E-state index in [1.165, 1.54) is 120 Å². The molecular weight excluding hydrogens is 739 g/mol. The summed E-state index contributed by atoms with van der Waals surface area (Å²) in [6.07, 6.45) is 0. The zero-order valence-corrected chi connectivity index (χ0v) is 33.0. The Balaban J connectivity index is 0.879. The van der Waals surface area contributed by atoms with Crippen LogP contribution in [0.5, 0.6) is 0 Å². The molecule has 0 saturated carbocycles. The molecule has 14 rings (SSSR count). The fraction of sp³-hybridized carbons (Fsp3) is 0. The molecule has 14 aromatic rings. The third-order valence-electron chi connectivity index (χ3n) is 13.4. The number of rotatable bonds is 4. The van der Waals surface area contributed by atoms with E-state index >= 15 is 0 Å². The van der Waals surface area contributed by atoms with Crippen molar-refractivity contribution in [3.63, 3.8) is 0 Å². The number of hydrogen-bond donors (Lipinski definition) is 0. The number of aromatic nitrogens is 3. The van der Waals surface area contributed by atoms with Gasteiger partial charge in [0.05, 0.1) is 44.3 Å². The normalized spacial score (nSPS) is 12.3. The maximum Gasteiger partial charge on any atom is 0.0620 e. The molecule has 0 fully saturated rings. The predicted octanol–water partition coefficient (Wildman–Crippen LogP) is 15.5. The molecule has 0 aliphatic rings. The third-order valence-corrected chi connectivity index (χ3v) is 13.4. The highest BCUT2D eigenvalue weighted by Crippen LogP contribution is 2.42. The zero-order valence-electron chi connectivity index (χ0n) is 33.0. The van der Waals surface area contributed by atoms with E-state index in [2.05, 4.69) is 226 Å². The molecule has 0 unspecified atom stereocenters. The fourth-order valence-corrected chi connectivity index (χ4v) is 10.7. The van der Waals surface area contributed by atoms with E-state index in [4.69, 9.17) is 0 Å². The lowest BCUT2D eigenvalue weighted by molar-refractivity contribution is 1.18. The molecule has 0 bridgehead atoms. The molecule has 61 heavy (non-hydrogen) atoms. The number of benzene rings is 10. The second-order valence-corrected chi connectivity index (χ2v) is 16.5. The number of para-hydroxylation sites is 4. The van der Waals surface area contributed by atoms with Gasteiger partial charge in [0.15, 0.2) is 0 Å². The average Bonchev–Trinajstić information content (AvgIpc) is 4.05. The molecule has 0 radical (unpaired) electrons. The van der Waals surface area contributed by atoms with Gasteiger partial charge in [-0.15, -0.1) is 0 Å². The van der Waals surface area contributed by atoms with Crippen LogP contribution in [0, 0.1) is 0 Å². The number of hydrogen-bond acceptors (Lipinski definition) is 0. The molecule has 3 heteroatoms. The van der Waals surface area contributed by atoms with Crippen molar-refractivity contribution in [3.8, 4) is 33.6 Å². The van der Waals surface area contributed by atoms with Gasteiger partial charge < -0.3 is 13.5 Å². The first-order valence-corrected chi connectivity index (χ1v) is 21.1. The predicted molar refractivity (Wildman–Crippen MR) is 258 cm³/mol. The topological polar surface area (TPSA) is 14.3 Å². The summed E-state index contributed by atoms with van der Waals surface area (Å²) >= 11 is 0. The summed E-state index contributed by atoms with van der Waals surface area (Å²) in [7, 11) is 0. The standard InChI is InChI=1S/C58H35N3/c1-2-13-42-37(11-1)12-9-22-51(42)60-53-20-7-5-16-45(53)50-34-39(27-32-56(50)60)38-26-31-55-49(33-38)44-15-4-6-19-52(44)59(55)41-28-23-36(24-29-41)40-25-30-46-48-18-10-17-47-43-14-3-8-21-54(43)61(58(47)48)57(46)35-40/h1-35H. The van der Waals surface area contributed by atoms with Crippen molar-refractivity contribution in [2.24, 2.45) is 0 Å². The number of fused-ring (bicyclic) bond motifs is 13. The average molecular weight is 774 g/mol. The minimum absolute atomic E-state index is 1.15. The first-order valence-electron chi connectivity index (χ1n) is 21.1. The highest BCUT2D eigenvalue weighted by Gasteiger charge is 2.19. The largest absolute Gasteiger partial charge is 0.309 e. The second kappa shape index (κ2) is 12.2. The number of nitrogens with zero attached hydrogens (tertiary/aromatic N) is 3. The lowest BCUT2D eigenvalue weighted by Crippen LogP contribution is -1.95. The van der Waals surface area contributed by atoms with Crippen molar-refractivity contribution in [3.05, 3.63) is 212 Å². The van der Waals surface area contributed by atoms with E-state index in [-0.39, 0.29) is 0 Å². The second-order valence-electron chi connectivity index (χ2n) is 16.5. The molecule has 0 aliphatic heterocycles. The van der Waals surface area contributed by atoms with Crippen LogP contribution in [-0.2, 0) is 0 Å². The van der Waals surface area contributed by atoms with E-state index in [1.54, 1.807) is 0 Å². The van der Waals surface area contributed by atoms with Gasteiger partial charge in [0.25, 0.3) is 0 Å². The van der Waals surface area contributed by atoms with Gasteiger partial charge in [-0.2, -0.15) is 0 Å². The van der Waals surface area contributed by atoms with Gasteiger partial charge in [0.2, 0.25) is 0 Å². The van der Waals surface area contributed by atoms with Gasteiger partial charge in [0.1, 0.15) is 0 Å². The first kappa shape index (κ1) is 32.8. The summed E-state index contributed by atoms with van der Waals surface area (Å²) in [5.74, 6) is 0. The molecule has 0 amide bonds. The van der Waals surface area contributed by atoms with Crippen molar-refractivity contribution < 1.29 is 0 Å². The van der Waals surface area contributed by atoms with Crippen LogP contribution in [-0.4, -0.2) is 13.5 Å². The van der Waals surface area contributed by atoms with E-state index in [1.807, 2.05) is 0 Å². The van der Waals surface area contributed by atoms with Crippen molar-refractivity contribution in [1.29, 1.82) is 0 Å². The Labute approximate surface area is 350 Å². The molecule has 0 saturated heterocycles. The van der Waals surface area contributed by atoms with Gasteiger partial charge in [-0.3, -0.25) is 0 Å². The Morgan fingerprint density at radius 1 is 0.246 bits per heavy atom. The summed E-state index contributed by atoms with van der Waals surface area (Å²) in [5.41, 5.74) is 15.8. The zero-order chi connectivity index (χ0) is 39.8. The summed E-state index contributed by atoms with van der Waals surface area (Å²) < 4.78 is 7.31. The van der Waals surface area contributed by atoms with Crippen LogP contribution in [0.1, 0.15) is 0 Å². The van der Waals surface area contributed by atoms with Crippen LogP contribution in [0.15, 0.2) is 212 Å². The Morgan fingerprint density at radius 3 is 1.41 bits per heavy atom. The molecule has 10 aromatic carbocycles. The van der Waals surface area contributed by atoms with Gasteiger partial charge in [-0.1, -0.05) is 146 Å². The van der Waals surface area contributed by atoms with Crippen LogP contribution in [0.3, 0.4) is 0 Å². The smallest absolute Gasteiger partial charge is 0.0620 e. The van der Waals surface area contributed by atoms with Crippen LogP contribution < -0.4 is 0 Å². The fourth-order valence-electron chi connectivity index (χ4n) is 10.7. The lowest BCUT2D eigenvalue weighted by atomic mass is 10.0. The van der Waals surface area contributed by atoms with E-state index in [9.17, 15) is 0 Å². The minimum atomic E-state index is 1.15. The van der Waals surface area contributed by atoms with Crippen molar-refractivity contribution >= 4 is 92.5 Å². The molecule has 0 atom stereocenters. The van der Waals surface area contributed by atoms with Crippen molar-refractivity contribution in [2.75, 3.05) is 0 Å². The van der Waals surface area contributed by atoms with Gasteiger partial charge in [-0.05, 0) is 94.4 Å². The molecule has 4 aromatic heterocycles. The summed E-state index contributed by atoms with van der Waals surface area (Å²) in [6, 6.07) is 78.4. The van der Waals surface area contributed by atoms with Gasteiger partial charge in [0, 0.05) is 54.2 Å². The monoisotopic (exact) mass is 773 g/mol. The highest BCUT2D eigenvalue weighted by atomic mass is 15.0. The maximum atomic E-state index is 2.46.